The zero-order valence-corrected chi connectivity index (χ0v) is 15.3. The van der Waals surface area contributed by atoms with Crippen LogP contribution in [0.1, 0.15) is 18.9 Å². The first-order chi connectivity index (χ1) is 11.9. The van der Waals surface area contributed by atoms with Crippen LogP contribution in [0, 0.1) is 0 Å². The van der Waals surface area contributed by atoms with Crippen LogP contribution >= 0.6 is 0 Å². The largest absolute Gasteiger partial charge is 0.313 e. The van der Waals surface area contributed by atoms with Crippen molar-refractivity contribution in [2.24, 2.45) is 0 Å². The number of aromatic nitrogens is 1. The molecule has 1 heterocycles. The number of sulfonamides is 1. The van der Waals surface area contributed by atoms with E-state index in [1.54, 1.807) is 29.4 Å². The number of carbonyl (C=O) groups is 1. The Kier molecular flexibility index (Phi) is 6.66. The van der Waals surface area contributed by atoms with Crippen molar-refractivity contribution in [1.82, 2.24) is 9.29 Å². The number of para-hydroxylation sites is 1. The van der Waals surface area contributed by atoms with Crippen LogP contribution in [0.3, 0.4) is 0 Å². The van der Waals surface area contributed by atoms with Crippen molar-refractivity contribution in [3.8, 4) is 0 Å². The van der Waals surface area contributed by atoms with Crippen molar-refractivity contribution >= 4 is 21.6 Å². The zero-order valence-electron chi connectivity index (χ0n) is 14.5. The van der Waals surface area contributed by atoms with Gasteiger partial charge in [0.2, 0.25) is 15.9 Å². The van der Waals surface area contributed by atoms with Gasteiger partial charge in [-0.2, -0.15) is 4.31 Å². The molecular weight excluding hydrogens is 338 g/mol. The molecule has 0 aliphatic heterocycles. The predicted molar refractivity (Wildman–Crippen MR) is 98.6 cm³/mol. The molecule has 0 aliphatic carbocycles. The number of rotatable bonds is 8. The molecule has 0 spiro atoms. The first-order valence-electron chi connectivity index (χ1n) is 8.11. The van der Waals surface area contributed by atoms with Crippen LogP contribution in [0.25, 0.3) is 0 Å². The van der Waals surface area contributed by atoms with Crippen LogP contribution in [0.2, 0.25) is 0 Å². The van der Waals surface area contributed by atoms with Crippen molar-refractivity contribution in [3.05, 3.63) is 60.4 Å². The van der Waals surface area contributed by atoms with Crippen molar-refractivity contribution < 1.29 is 13.2 Å². The zero-order chi connectivity index (χ0) is 18.3. The lowest BCUT2D eigenvalue weighted by molar-refractivity contribution is -0.118. The van der Waals surface area contributed by atoms with Gasteiger partial charge >= 0.3 is 0 Å². The third-order valence-electron chi connectivity index (χ3n) is 3.84. The van der Waals surface area contributed by atoms with Crippen LogP contribution in [0.5, 0.6) is 0 Å². The van der Waals surface area contributed by atoms with Crippen LogP contribution in [0.4, 0.5) is 5.69 Å². The second-order valence-corrected chi connectivity index (χ2v) is 7.66. The molecule has 0 aliphatic rings. The number of benzene rings is 1. The summed E-state index contributed by atoms with van der Waals surface area (Å²) in [5, 5.41) is 0. The monoisotopic (exact) mass is 361 g/mol. The molecule has 0 N–H and O–H groups in total. The molecule has 7 heteroatoms. The highest BCUT2D eigenvalue weighted by Crippen LogP contribution is 2.15. The van der Waals surface area contributed by atoms with E-state index < -0.39 is 10.0 Å². The van der Waals surface area contributed by atoms with E-state index in [9.17, 15) is 13.2 Å². The lowest BCUT2D eigenvalue weighted by Gasteiger charge is -2.24. The molecule has 0 atom stereocenters. The summed E-state index contributed by atoms with van der Waals surface area (Å²) in [6, 6.07) is 12.9. The molecular formula is C18H23N3O3S. The van der Waals surface area contributed by atoms with Gasteiger partial charge in [-0.1, -0.05) is 18.2 Å². The van der Waals surface area contributed by atoms with Gasteiger partial charge in [0.05, 0.1) is 6.26 Å². The molecule has 0 unspecified atom stereocenters. The number of anilines is 1. The number of nitrogens with zero attached hydrogens (tertiary/aromatic N) is 3. The fourth-order valence-electron chi connectivity index (χ4n) is 2.52. The first kappa shape index (κ1) is 19.1. The molecule has 1 amide bonds. The van der Waals surface area contributed by atoms with E-state index in [0.717, 1.165) is 17.5 Å². The molecule has 2 aromatic rings. The van der Waals surface area contributed by atoms with Crippen LogP contribution in [-0.4, -0.2) is 43.0 Å². The fourth-order valence-corrected chi connectivity index (χ4v) is 3.33. The smallest absolute Gasteiger partial charge is 0.228 e. The van der Waals surface area contributed by atoms with Crippen molar-refractivity contribution in [2.45, 2.75) is 19.9 Å². The maximum absolute atomic E-state index is 12.6. The number of hydrogen-bond acceptors (Lipinski definition) is 4. The molecule has 2 rings (SSSR count). The fraction of sp³-hybridized carbons (Fsp3) is 0.333. The average Bonchev–Trinajstić information content (AvgIpc) is 2.60. The molecule has 6 nitrogen and oxygen atoms in total. The lowest BCUT2D eigenvalue weighted by Crippen LogP contribution is -2.36. The summed E-state index contributed by atoms with van der Waals surface area (Å²) in [5.74, 6) is -0.0999. The van der Waals surface area contributed by atoms with Gasteiger partial charge in [-0.25, -0.2) is 8.42 Å². The molecule has 0 radical (unpaired) electrons. The van der Waals surface area contributed by atoms with Gasteiger partial charge in [-0.3, -0.25) is 9.78 Å². The van der Waals surface area contributed by atoms with E-state index in [2.05, 4.69) is 4.98 Å². The van der Waals surface area contributed by atoms with Crippen LogP contribution in [0.15, 0.2) is 54.9 Å². The second-order valence-electron chi connectivity index (χ2n) is 5.68. The van der Waals surface area contributed by atoms with Crippen molar-refractivity contribution in [2.75, 3.05) is 24.2 Å². The molecule has 1 aromatic carbocycles. The summed E-state index contributed by atoms with van der Waals surface area (Å²) >= 11 is 0. The lowest BCUT2D eigenvalue weighted by atomic mass is 10.2. The van der Waals surface area contributed by atoms with Gasteiger partial charge in [-0.05, 0) is 36.8 Å². The predicted octanol–water partition coefficient (Wildman–Crippen LogP) is 2.29. The van der Waals surface area contributed by atoms with E-state index in [1.165, 1.54) is 4.31 Å². The van der Waals surface area contributed by atoms with Gasteiger partial charge < -0.3 is 4.90 Å². The van der Waals surface area contributed by atoms with Gasteiger partial charge in [0.25, 0.3) is 0 Å². The summed E-state index contributed by atoms with van der Waals surface area (Å²) in [4.78, 5) is 18.1. The summed E-state index contributed by atoms with van der Waals surface area (Å²) in [7, 11) is -3.41. The van der Waals surface area contributed by atoms with Gasteiger partial charge in [0.15, 0.2) is 0 Å². The Balaban J connectivity index is 2.05. The molecule has 134 valence electrons. The van der Waals surface area contributed by atoms with Crippen molar-refractivity contribution in [1.29, 1.82) is 0 Å². The minimum absolute atomic E-state index is 0.0999. The molecule has 0 saturated heterocycles. The van der Waals surface area contributed by atoms with E-state index in [1.807, 2.05) is 37.3 Å². The third kappa shape index (κ3) is 5.65. The minimum atomic E-state index is -3.41. The molecule has 0 fully saturated rings. The summed E-state index contributed by atoms with van der Waals surface area (Å²) < 4.78 is 25.4. The molecule has 0 bridgehead atoms. The van der Waals surface area contributed by atoms with Gasteiger partial charge in [-0.15, -0.1) is 0 Å². The summed E-state index contributed by atoms with van der Waals surface area (Å²) in [6.45, 7) is 2.80. The van der Waals surface area contributed by atoms with Crippen LogP contribution in [-0.2, 0) is 21.4 Å². The Morgan fingerprint density at radius 1 is 1.08 bits per heavy atom. The Morgan fingerprint density at radius 2 is 1.72 bits per heavy atom. The average molecular weight is 361 g/mol. The highest BCUT2D eigenvalue weighted by Gasteiger charge is 2.20. The highest BCUT2D eigenvalue weighted by molar-refractivity contribution is 7.88. The number of carbonyl (C=O) groups excluding carboxylic acids is 1. The van der Waals surface area contributed by atoms with E-state index >= 15 is 0 Å². The highest BCUT2D eigenvalue weighted by atomic mass is 32.2. The second kappa shape index (κ2) is 8.73. The van der Waals surface area contributed by atoms with Gasteiger partial charge in [0, 0.05) is 44.1 Å². The maximum atomic E-state index is 12.6. The first-order valence-corrected chi connectivity index (χ1v) is 9.96. The number of pyridine rings is 1. The Bertz CT molecular complexity index is 780. The Hall–Kier alpha value is -2.25. The molecule has 0 saturated carbocycles. The Labute approximate surface area is 149 Å². The van der Waals surface area contributed by atoms with E-state index in [4.69, 9.17) is 0 Å². The number of amides is 1. The normalized spacial score (nSPS) is 11.5. The standard InChI is InChI=1S/C18H23N3O3S/c1-3-21(17-7-5-4-6-8-17)18(22)11-14-20(25(2,23)24)15-16-9-12-19-13-10-16/h4-10,12-13H,3,11,14-15H2,1-2H3. The summed E-state index contributed by atoms with van der Waals surface area (Å²) in [5.41, 5.74) is 1.65. The topological polar surface area (TPSA) is 70.6 Å². The Morgan fingerprint density at radius 3 is 2.28 bits per heavy atom. The quantitative estimate of drug-likeness (QED) is 0.723. The van der Waals surface area contributed by atoms with Crippen LogP contribution < -0.4 is 4.90 Å². The molecule has 25 heavy (non-hydrogen) atoms. The minimum Gasteiger partial charge on any atom is -0.313 e. The summed E-state index contributed by atoms with van der Waals surface area (Å²) in [6.07, 6.45) is 4.53. The maximum Gasteiger partial charge on any atom is 0.228 e. The SMILES string of the molecule is CCN(C(=O)CCN(Cc1ccncc1)S(C)(=O)=O)c1ccccc1. The van der Waals surface area contributed by atoms with E-state index in [-0.39, 0.29) is 25.4 Å². The van der Waals surface area contributed by atoms with Gasteiger partial charge in [0.1, 0.15) is 0 Å². The van der Waals surface area contributed by atoms with Crippen molar-refractivity contribution in [3.63, 3.8) is 0 Å². The van der Waals surface area contributed by atoms with E-state index in [0.29, 0.717) is 6.54 Å². The molecule has 1 aromatic heterocycles. The number of hydrogen-bond donors (Lipinski definition) is 0. The third-order valence-corrected chi connectivity index (χ3v) is 5.09.